The smallest absolute Gasteiger partial charge is 0.303 e. The normalized spacial score (nSPS) is 15.8. The monoisotopic (exact) mass is 418 g/mol. The molecule has 2 heterocycles. The molecule has 1 aliphatic heterocycles. The molecule has 4 rings (SSSR count). The van der Waals surface area contributed by atoms with E-state index in [-0.39, 0.29) is 12.5 Å². The van der Waals surface area contributed by atoms with Gasteiger partial charge in [0.2, 0.25) is 5.82 Å². The lowest BCUT2D eigenvalue weighted by Crippen LogP contribution is -2.18. The summed E-state index contributed by atoms with van der Waals surface area (Å²) in [6.45, 7) is 2.89. The number of hydrazone groups is 1. The highest BCUT2D eigenvalue weighted by molar-refractivity contribution is 5.98. The van der Waals surface area contributed by atoms with Crippen molar-refractivity contribution in [2.75, 3.05) is 6.54 Å². The second-order valence-electron chi connectivity index (χ2n) is 7.65. The lowest BCUT2D eigenvalue weighted by Gasteiger charge is -2.21. The second kappa shape index (κ2) is 9.55. The molecule has 160 valence electrons. The van der Waals surface area contributed by atoms with E-state index in [4.69, 9.17) is 14.7 Å². The van der Waals surface area contributed by atoms with Gasteiger partial charge >= 0.3 is 5.97 Å². The molecule has 1 aromatic heterocycles. The number of carboxylic acid groups (broad SMARTS) is 1. The maximum Gasteiger partial charge on any atom is 0.303 e. The van der Waals surface area contributed by atoms with Crippen LogP contribution in [0.5, 0.6) is 0 Å². The molecule has 1 aliphatic rings. The largest absolute Gasteiger partial charge is 0.481 e. The molecule has 0 aliphatic carbocycles. The number of carboxylic acids is 1. The van der Waals surface area contributed by atoms with Gasteiger partial charge in [-0.1, -0.05) is 59.8 Å². The third-order valence-electron chi connectivity index (χ3n) is 5.50. The van der Waals surface area contributed by atoms with Gasteiger partial charge in [0, 0.05) is 24.9 Å². The summed E-state index contributed by atoms with van der Waals surface area (Å²) in [5.41, 5.74) is 4.09. The molecule has 3 aromatic rings. The maximum absolute atomic E-state index is 10.6. The summed E-state index contributed by atoms with van der Waals surface area (Å²) in [5.74, 6) is 0.262. The SMILES string of the molecule is CCN1N=C(c2nc(-c3ccc(CCCCC(=O)O)cc3)no2)CC1c1ccccc1. The van der Waals surface area contributed by atoms with E-state index in [1.807, 2.05) is 42.5 Å². The number of benzene rings is 2. The van der Waals surface area contributed by atoms with Crippen molar-refractivity contribution in [1.29, 1.82) is 0 Å². The predicted molar refractivity (Wildman–Crippen MR) is 118 cm³/mol. The molecule has 0 radical (unpaired) electrons. The first-order chi connectivity index (χ1) is 15.1. The van der Waals surface area contributed by atoms with Crippen LogP contribution in [0.15, 0.2) is 64.2 Å². The zero-order valence-electron chi connectivity index (χ0n) is 17.6. The van der Waals surface area contributed by atoms with Gasteiger partial charge in [0.05, 0.1) is 6.04 Å². The number of aromatic nitrogens is 2. The molecule has 7 nitrogen and oxygen atoms in total. The van der Waals surface area contributed by atoms with E-state index in [1.54, 1.807) is 0 Å². The van der Waals surface area contributed by atoms with Crippen LogP contribution < -0.4 is 0 Å². The van der Waals surface area contributed by atoms with Crippen molar-refractivity contribution < 1.29 is 14.4 Å². The zero-order valence-corrected chi connectivity index (χ0v) is 17.6. The number of aryl methyl sites for hydroxylation is 1. The maximum atomic E-state index is 10.6. The van der Waals surface area contributed by atoms with Gasteiger partial charge in [-0.05, 0) is 37.3 Å². The van der Waals surface area contributed by atoms with E-state index in [2.05, 4.69) is 34.2 Å². The molecule has 1 atom stereocenters. The Morgan fingerprint density at radius 1 is 1.13 bits per heavy atom. The van der Waals surface area contributed by atoms with Crippen LogP contribution in [0.4, 0.5) is 0 Å². The Labute approximate surface area is 181 Å². The number of rotatable bonds is 9. The van der Waals surface area contributed by atoms with Crippen LogP contribution in [0.3, 0.4) is 0 Å². The summed E-state index contributed by atoms with van der Waals surface area (Å²) in [4.78, 5) is 15.2. The molecule has 0 bridgehead atoms. The predicted octanol–water partition coefficient (Wildman–Crippen LogP) is 4.71. The molecule has 7 heteroatoms. The number of nitrogens with zero attached hydrogens (tertiary/aromatic N) is 4. The van der Waals surface area contributed by atoms with Gasteiger partial charge in [0.15, 0.2) is 0 Å². The molecule has 1 N–H and O–H groups in total. The second-order valence-corrected chi connectivity index (χ2v) is 7.65. The van der Waals surface area contributed by atoms with Gasteiger partial charge in [0.1, 0.15) is 5.71 Å². The van der Waals surface area contributed by atoms with Crippen molar-refractivity contribution in [3.8, 4) is 11.4 Å². The fourth-order valence-corrected chi connectivity index (χ4v) is 3.82. The van der Waals surface area contributed by atoms with Crippen molar-refractivity contribution in [2.24, 2.45) is 5.10 Å². The highest BCUT2D eigenvalue weighted by Crippen LogP contribution is 2.32. The molecule has 0 saturated heterocycles. The van der Waals surface area contributed by atoms with Crippen molar-refractivity contribution in [3.05, 3.63) is 71.6 Å². The van der Waals surface area contributed by atoms with Crippen LogP contribution in [0.25, 0.3) is 11.4 Å². The van der Waals surface area contributed by atoms with Crippen LogP contribution in [0, 0.1) is 0 Å². The third-order valence-corrected chi connectivity index (χ3v) is 5.50. The topological polar surface area (TPSA) is 91.8 Å². The number of aliphatic carboxylic acids is 1. The van der Waals surface area contributed by atoms with E-state index in [1.165, 1.54) is 11.1 Å². The highest BCUT2D eigenvalue weighted by atomic mass is 16.5. The van der Waals surface area contributed by atoms with E-state index >= 15 is 0 Å². The summed E-state index contributed by atoms with van der Waals surface area (Å²) in [6, 6.07) is 18.5. The molecule has 2 aromatic carbocycles. The van der Waals surface area contributed by atoms with Crippen molar-refractivity contribution >= 4 is 11.7 Å². The van der Waals surface area contributed by atoms with Crippen molar-refractivity contribution in [3.63, 3.8) is 0 Å². The molecule has 0 spiro atoms. The van der Waals surface area contributed by atoms with E-state index in [0.29, 0.717) is 18.1 Å². The number of hydrogen-bond acceptors (Lipinski definition) is 6. The highest BCUT2D eigenvalue weighted by Gasteiger charge is 2.30. The summed E-state index contributed by atoms with van der Waals surface area (Å²) in [7, 11) is 0. The Balaban J connectivity index is 1.42. The van der Waals surface area contributed by atoms with Crippen molar-refractivity contribution in [1.82, 2.24) is 15.1 Å². The first kappa shape index (κ1) is 20.8. The van der Waals surface area contributed by atoms with Gasteiger partial charge in [-0.2, -0.15) is 10.1 Å². The summed E-state index contributed by atoms with van der Waals surface area (Å²) >= 11 is 0. The van der Waals surface area contributed by atoms with Gasteiger partial charge < -0.3 is 9.63 Å². The van der Waals surface area contributed by atoms with E-state index in [0.717, 1.165) is 37.1 Å². The number of unbranched alkanes of at least 4 members (excludes halogenated alkanes) is 1. The molecule has 0 saturated carbocycles. The average molecular weight is 418 g/mol. The standard InChI is InChI=1S/C24H26N4O3/c1-2-28-21(18-9-4-3-5-10-18)16-20(26-28)24-25-23(27-31-24)19-14-12-17(13-15-19)8-6-7-11-22(29)30/h3-5,9-10,12-15,21H,2,6-8,11,16H2,1H3,(H,29,30). The Kier molecular flexibility index (Phi) is 6.40. The van der Waals surface area contributed by atoms with Crippen LogP contribution in [-0.2, 0) is 11.2 Å². The fourth-order valence-electron chi connectivity index (χ4n) is 3.82. The molecule has 31 heavy (non-hydrogen) atoms. The zero-order chi connectivity index (χ0) is 21.6. The van der Waals surface area contributed by atoms with Crippen LogP contribution in [0.2, 0.25) is 0 Å². The Hall–Kier alpha value is -3.48. The molecule has 0 amide bonds. The lowest BCUT2D eigenvalue weighted by atomic mass is 10.0. The average Bonchev–Trinajstić information content (AvgIpc) is 3.45. The summed E-state index contributed by atoms with van der Waals surface area (Å²) < 4.78 is 5.54. The Morgan fingerprint density at radius 3 is 2.61 bits per heavy atom. The minimum atomic E-state index is -0.743. The van der Waals surface area contributed by atoms with E-state index < -0.39 is 5.97 Å². The molecular weight excluding hydrogens is 392 g/mol. The Morgan fingerprint density at radius 2 is 1.90 bits per heavy atom. The number of carbonyl (C=O) groups is 1. The van der Waals surface area contributed by atoms with Crippen molar-refractivity contribution in [2.45, 2.75) is 45.1 Å². The van der Waals surface area contributed by atoms with E-state index in [9.17, 15) is 4.79 Å². The third kappa shape index (κ3) is 4.99. The lowest BCUT2D eigenvalue weighted by molar-refractivity contribution is -0.137. The first-order valence-electron chi connectivity index (χ1n) is 10.7. The quantitative estimate of drug-likeness (QED) is 0.506. The minimum Gasteiger partial charge on any atom is -0.481 e. The summed E-state index contributed by atoms with van der Waals surface area (Å²) in [6.07, 6.45) is 3.35. The number of hydrogen-bond donors (Lipinski definition) is 1. The minimum absolute atomic E-state index is 0.178. The fraction of sp³-hybridized carbons (Fsp3) is 0.333. The van der Waals surface area contributed by atoms with Crippen LogP contribution >= 0.6 is 0 Å². The molecule has 0 fully saturated rings. The summed E-state index contributed by atoms with van der Waals surface area (Å²) in [5, 5.41) is 19.7. The van der Waals surface area contributed by atoms with Gasteiger partial charge in [-0.25, -0.2) is 0 Å². The molecule has 1 unspecified atom stereocenters. The van der Waals surface area contributed by atoms with Gasteiger partial charge in [-0.3, -0.25) is 9.80 Å². The molecular formula is C24H26N4O3. The Bertz CT molecular complexity index is 1040. The van der Waals surface area contributed by atoms with Gasteiger partial charge in [0.25, 0.3) is 5.89 Å². The van der Waals surface area contributed by atoms with Gasteiger partial charge in [-0.15, -0.1) is 0 Å². The van der Waals surface area contributed by atoms with Crippen LogP contribution in [-0.4, -0.2) is 38.5 Å². The first-order valence-corrected chi connectivity index (χ1v) is 10.7. The van der Waals surface area contributed by atoms with Crippen LogP contribution in [0.1, 0.15) is 55.7 Å².